The van der Waals surface area contributed by atoms with Crippen LogP contribution in [0.1, 0.15) is 31.0 Å². The fourth-order valence-electron chi connectivity index (χ4n) is 4.28. The van der Waals surface area contributed by atoms with E-state index >= 15 is 0 Å². The van der Waals surface area contributed by atoms with Gasteiger partial charge in [0.2, 0.25) is 6.79 Å². The molecule has 3 aromatic rings. The van der Waals surface area contributed by atoms with Crippen molar-refractivity contribution in [1.29, 1.82) is 0 Å². The quantitative estimate of drug-likeness (QED) is 0.472. The molecule has 0 amide bonds. The highest BCUT2D eigenvalue weighted by atomic mass is 32.1. The van der Waals surface area contributed by atoms with E-state index < -0.39 is 12.0 Å². The van der Waals surface area contributed by atoms with Crippen molar-refractivity contribution in [3.05, 3.63) is 78.5 Å². The number of carbonyl (C=O) groups excluding carboxylic acids is 1. The van der Waals surface area contributed by atoms with Crippen LogP contribution in [0.25, 0.3) is 6.08 Å². The monoisotopic (exact) mass is 508 g/mol. The normalized spacial score (nSPS) is 16.4. The van der Waals surface area contributed by atoms with Crippen LogP contribution < -0.4 is 33.8 Å². The maximum atomic E-state index is 13.7. The van der Waals surface area contributed by atoms with Crippen molar-refractivity contribution in [2.24, 2.45) is 4.99 Å². The van der Waals surface area contributed by atoms with Gasteiger partial charge >= 0.3 is 5.97 Å². The Bertz CT molecular complexity index is 1570. The second-order valence-electron chi connectivity index (χ2n) is 8.03. The Morgan fingerprint density at radius 3 is 2.67 bits per heavy atom. The Kier molecular flexibility index (Phi) is 6.27. The molecule has 1 unspecified atom stereocenters. The highest BCUT2D eigenvalue weighted by Crippen LogP contribution is 2.36. The smallest absolute Gasteiger partial charge is 0.338 e. The van der Waals surface area contributed by atoms with Crippen molar-refractivity contribution in [2.45, 2.75) is 19.9 Å². The number of aromatic nitrogens is 1. The minimum absolute atomic E-state index is 0.169. The molecular weight excluding hydrogens is 484 g/mol. The van der Waals surface area contributed by atoms with Crippen molar-refractivity contribution in [3.63, 3.8) is 0 Å². The molecule has 0 N–H and O–H groups in total. The van der Waals surface area contributed by atoms with Crippen molar-refractivity contribution in [2.75, 3.05) is 27.6 Å². The number of nitrogens with zero attached hydrogens (tertiary/aromatic N) is 2. The highest BCUT2D eigenvalue weighted by molar-refractivity contribution is 7.07. The van der Waals surface area contributed by atoms with Crippen molar-refractivity contribution >= 4 is 23.4 Å². The molecule has 2 aromatic carbocycles. The van der Waals surface area contributed by atoms with E-state index in [2.05, 4.69) is 4.99 Å². The average molecular weight is 509 g/mol. The van der Waals surface area contributed by atoms with Crippen LogP contribution in [0.3, 0.4) is 0 Å². The molecule has 2 aliphatic heterocycles. The van der Waals surface area contributed by atoms with E-state index in [1.165, 1.54) is 23.0 Å². The molecule has 5 rings (SSSR count). The van der Waals surface area contributed by atoms with Gasteiger partial charge in [0.25, 0.3) is 5.56 Å². The summed E-state index contributed by atoms with van der Waals surface area (Å²) in [5.41, 5.74) is 1.97. The highest BCUT2D eigenvalue weighted by Gasteiger charge is 2.34. The van der Waals surface area contributed by atoms with E-state index in [9.17, 15) is 9.59 Å². The summed E-state index contributed by atoms with van der Waals surface area (Å²) in [6, 6.07) is 10.0. The molecule has 10 heteroatoms. The number of carbonyl (C=O) groups is 1. The van der Waals surface area contributed by atoms with Gasteiger partial charge < -0.3 is 23.7 Å². The molecule has 2 aliphatic rings. The van der Waals surface area contributed by atoms with Crippen LogP contribution in [-0.4, -0.2) is 38.2 Å². The molecule has 186 valence electrons. The summed E-state index contributed by atoms with van der Waals surface area (Å²) in [5, 5.41) is 0. The Morgan fingerprint density at radius 2 is 1.92 bits per heavy atom. The maximum absolute atomic E-state index is 13.7. The molecular formula is C26H24N2O7S. The van der Waals surface area contributed by atoms with Gasteiger partial charge in [-0.3, -0.25) is 9.36 Å². The first-order valence-electron chi connectivity index (χ1n) is 11.3. The summed E-state index contributed by atoms with van der Waals surface area (Å²) in [4.78, 5) is 31.9. The number of allylic oxidation sites excluding steroid dienone is 1. The van der Waals surface area contributed by atoms with Gasteiger partial charge in [-0.25, -0.2) is 9.79 Å². The minimum atomic E-state index is -0.751. The number of rotatable bonds is 6. The van der Waals surface area contributed by atoms with Crippen molar-refractivity contribution in [1.82, 2.24) is 4.57 Å². The molecule has 3 heterocycles. The fraction of sp³-hybridized carbons (Fsp3) is 0.269. The first-order chi connectivity index (χ1) is 17.4. The van der Waals surface area contributed by atoms with Gasteiger partial charge in [-0.2, -0.15) is 0 Å². The summed E-state index contributed by atoms with van der Waals surface area (Å²) in [5.74, 6) is 1.78. The lowest BCUT2D eigenvalue weighted by Crippen LogP contribution is -2.39. The number of methoxy groups -OCH3 is 2. The Balaban J connectivity index is 1.70. The van der Waals surface area contributed by atoms with E-state index in [1.54, 1.807) is 51.3 Å². The van der Waals surface area contributed by atoms with Crippen LogP contribution in [0, 0.1) is 0 Å². The summed E-state index contributed by atoms with van der Waals surface area (Å²) in [6.45, 7) is 3.85. The molecule has 0 bridgehead atoms. The Labute approximate surface area is 210 Å². The van der Waals surface area contributed by atoms with E-state index in [-0.39, 0.29) is 19.0 Å². The molecule has 0 aliphatic carbocycles. The Hall–Kier alpha value is -4.05. The van der Waals surface area contributed by atoms with Crippen molar-refractivity contribution in [3.8, 4) is 23.0 Å². The van der Waals surface area contributed by atoms with Crippen LogP contribution in [0.5, 0.6) is 23.0 Å². The number of esters is 1. The largest absolute Gasteiger partial charge is 0.493 e. The predicted octanol–water partition coefficient (Wildman–Crippen LogP) is 2.54. The van der Waals surface area contributed by atoms with E-state index in [0.717, 1.165) is 5.56 Å². The molecule has 0 saturated carbocycles. The van der Waals surface area contributed by atoms with Gasteiger partial charge in [0.15, 0.2) is 27.8 Å². The number of benzene rings is 2. The van der Waals surface area contributed by atoms with Gasteiger partial charge in [0, 0.05) is 0 Å². The summed E-state index contributed by atoms with van der Waals surface area (Å²) in [7, 11) is 3.08. The standard InChI is InChI=1S/C26H24N2O7S/c1-5-33-25(30)22-14(2)27-26-28(23(22)16-7-9-17(31-3)19(12-16)32-4)24(29)21(36-26)11-15-6-8-18-20(10-15)35-13-34-18/h6-12,23H,5,13H2,1-4H3/b21-11-. The van der Waals surface area contributed by atoms with E-state index in [1.807, 2.05) is 12.1 Å². The van der Waals surface area contributed by atoms with Gasteiger partial charge in [0.05, 0.1) is 42.7 Å². The molecule has 1 aromatic heterocycles. The average Bonchev–Trinajstić information content (AvgIpc) is 3.46. The van der Waals surface area contributed by atoms with E-state index in [0.29, 0.717) is 49.2 Å². The van der Waals surface area contributed by atoms with E-state index in [4.69, 9.17) is 23.7 Å². The lowest BCUT2D eigenvalue weighted by atomic mass is 9.95. The molecule has 0 saturated heterocycles. The third kappa shape index (κ3) is 4.03. The predicted molar refractivity (Wildman–Crippen MR) is 133 cm³/mol. The van der Waals surface area contributed by atoms with Crippen molar-refractivity contribution < 1.29 is 28.5 Å². The van der Waals surface area contributed by atoms with Crippen LogP contribution in [-0.2, 0) is 9.53 Å². The fourth-order valence-corrected chi connectivity index (χ4v) is 5.33. The summed E-state index contributed by atoms with van der Waals surface area (Å²) < 4.78 is 29.0. The molecule has 36 heavy (non-hydrogen) atoms. The second kappa shape index (κ2) is 9.54. The van der Waals surface area contributed by atoms with Gasteiger partial charge in [0.1, 0.15) is 0 Å². The first-order valence-corrected chi connectivity index (χ1v) is 12.1. The zero-order valence-corrected chi connectivity index (χ0v) is 21.0. The SMILES string of the molecule is CCOC(=O)C1=C(C)N=c2s/c(=C\c3ccc4c(c3)OCO4)c(=O)n2C1c1ccc(OC)c(OC)c1. The number of thiazole rings is 1. The zero-order chi connectivity index (χ0) is 25.4. The topological polar surface area (TPSA) is 97.6 Å². The molecule has 0 spiro atoms. The van der Waals surface area contributed by atoms with Gasteiger partial charge in [-0.05, 0) is 55.3 Å². The summed E-state index contributed by atoms with van der Waals surface area (Å²) in [6.07, 6.45) is 1.78. The zero-order valence-electron chi connectivity index (χ0n) is 20.2. The number of fused-ring (bicyclic) bond motifs is 2. The number of ether oxygens (including phenoxy) is 5. The van der Waals surface area contributed by atoms with Gasteiger partial charge in [-0.1, -0.05) is 23.5 Å². The van der Waals surface area contributed by atoms with Crippen LogP contribution >= 0.6 is 11.3 Å². The summed E-state index contributed by atoms with van der Waals surface area (Å²) >= 11 is 1.25. The lowest BCUT2D eigenvalue weighted by molar-refractivity contribution is -0.139. The van der Waals surface area contributed by atoms with Crippen LogP contribution in [0.2, 0.25) is 0 Å². The van der Waals surface area contributed by atoms with Gasteiger partial charge in [-0.15, -0.1) is 0 Å². The van der Waals surface area contributed by atoms with Crippen LogP contribution in [0.15, 0.2) is 57.5 Å². The number of hydrogen-bond donors (Lipinski definition) is 0. The lowest BCUT2D eigenvalue weighted by Gasteiger charge is -2.25. The third-order valence-electron chi connectivity index (χ3n) is 5.93. The molecule has 0 radical (unpaired) electrons. The Morgan fingerprint density at radius 1 is 1.14 bits per heavy atom. The maximum Gasteiger partial charge on any atom is 0.338 e. The molecule has 1 atom stereocenters. The minimum Gasteiger partial charge on any atom is -0.493 e. The molecule has 9 nitrogen and oxygen atoms in total. The third-order valence-corrected chi connectivity index (χ3v) is 6.92. The van der Waals surface area contributed by atoms with Crippen LogP contribution in [0.4, 0.5) is 0 Å². The first kappa shape index (κ1) is 23.7. The number of hydrogen-bond acceptors (Lipinski definition) is 9. The molecule has 0 fully saturated rings. The second-order valence-corrected chi connectivity index (χ2v) is 9.04.